The molecule has 0 amide bonds. The fraction of sp³-hybridized carbons (Fsp3) is 0.636. The van der Waals surface area contributed by atoms with E-state index >= 15 is 0 Å². The van der Waals surface area contributed by atoms with E-state index in [1.165, 1.54) is 5.56 Å². The van der Waals surface area contributed by atoms with Crippen molar-refractivity contribution in [1.82, 2.24) is 0 Å². The first-order chi connectivity index (χ1) is 11.8. The fourth-order valence-electron chi connectivity index (χ4n) is 4.42. The molecule has 1 aliphatic rings. The van der Waals surface area contributed by atoms with Crippen LogP contribution in [0.25, 0.3) is 0 Å². The summed E-state index contributed by atoms with van der Waals surface area (Å²) in [5, 5.41) is 0. The molecule has 138 valence electrons. The number of ketones is 1. The Hall–Kier alpha value is -1.64. The lowest BCUT2D eigenvalue weighted by atomic mass is 9.65. The number of rotatable bonds is 5. The molecule has 0 radical (unpaired) electrons. The van der Waals surface area contributed by atoms with Gasteiger partial charge in [-0.05, 0) is 69.1 Å². The molecule has 3 heteroatoms. The first-order valence-corrected chi connectivity index (χ1v) is 9.52. The molecular formula is C22H32O3. The molecule has 0 heterocycles. The van der Waals surface area contributed by atoms with Crippen molar-refractivity contribution in [3.8, 4) is 0 Å². The summed E-state index contributed by atoms with van der Waals surface area (Å²) >= 11 is 0. The summed E-state index contributed by atoms with van der Waals surface area (Å²) in [5.74, 6) is 0.137. The van der Waals surface area contributed by atoms with Crippen LogP contribution in [0, 0.1) is 44.4 Å². The Kier molecular flexibility index (Phi) is 6.42. The summed E-state index contributed by atoms with van der Waals surface area (Å²) in [6, 6.07) is 4.26. The summed E-state index contributed by atoms with van der Waals surface area (Å²) in [6.45, 7) is 12.7. The van der Waals surface area contributed by atoms with Crippen LogP contribution in [-0.4, -0.2) is 18.4 Å². The lowest BCUT2D eigenvalue weighted by Gasteiger charge is -2.38. The zero-order chi connectivity index (χ0) is 18.7. The Balaban J connectivity index is 2.28. The van der Waals surface area contributed by atoms with Crippen molar-refractivity contribution in [3.05, 3.63) is 34.4 Å². The Bertz CT molecular complexity index is 624. The van der Waals surface area contributed by atoms with Crippen molar-refractivity contribution >= 4 is 11.8 Å². The predicted octanol–water partition coefficient (Wildman–Crippen LogP) is 4.58. The minimum atomic E-state index is -0.287. The van der Waals surface area contributed by atoms with Gasteiger partial charge in [0.25, 0.3) is 0 Å². The van der Waals surface area contributed by atoms with E-state index in [1.54, 1.807) is 0 Å². The number of hydrogen-bond acceptors (Lipinski definition) is 3. The van der Waals surface area contributed by atoms with E-state index in [0.29, 0.717) is 18.9 Å². The molecule has 1 aromatic rings. The lowest BCUT2D eigenvalue weighted by molar-refractivity contribution is -0.156. The fourth-order valence-corrected chi connectivity index (χ4v) is 4.42. The number of aryl methyl sites for hydroxylation is 3. The highest BCUT2D eigenvalue weighted by Gasteiger charge is 2.43. The second-order valence-electron chi connectivity index (χ2n) is 7.82. The molecule has 0 saturated heterocycles. The SMILES string of the molecule is CCOC(=O)C1CCC(C)C(C)C1C(=O)Cc1c(C)cc(C)cc1C. The van der Waals surface area contributed by atoms with Crippen molar-refractivity contribution in [2.24, 2.45) is 23.7 Å². The molecule has 4 atom stereocenters. The third-order valence-electron chi connectivity index (χ3n) is 5.98. The van der Waals surface area contributed by atoms with E-state index in [9.17, 15) is 9.59 Å². The minimum Gasteiger partial charge on any atom is -0.466 e. The van der Waals surface area contributed by atoms with Crippen molar-refractivity contribution in [1.29, 1.82) is 0 Å². The standard InChI is InChI=1S/C22H32O3/c1-7-25-22(24)18-9-8-14(3)17(6)21(18)20(23)12-19-15(4)10-13(2)11-16(19)5/h10-11,14,17-18,21H,7-9,12H2,1-6H3. The van der Waals surface area contributed by atoms with Gasteiger partial charge in [-0.1, -0.05) is 31.5 Å². The van der Waals surface area contributed by atoms with Gasteiger partial charge in [-0.3, -0.25) is 9.59 Å². The molecule has 1 saturated carbocycles. The number of carbonyl (C=O) groups is 2. The average molecular weight is 344 g/mol. The summed E-state index contributed by atoms with van der Waals surface area (Å²) in [5.41, 5.74) is 4.66. The van der Waals surface area contributed by atoms with E-state index in [0.717, 1.165) is 29.5 Å². The molecule has 0 aliphatic heterocycles. The molecule has 25 heavy (non-hydrogen) atoms. The summed E-state index contributed by atoms with van der Waals surface area (Å²) < 4.78 is 5.27. The maximum atomic E-state index is 13.2. The third-order valence-corrected chi connectivity index (χ3v) is 5.98. The van der Waals surface area contributed by atoms with Crippen molar-refractivity contribution < 1.29 is 14.3 Å². The van der Waals surface area contributed by atoms with Crippen LogP contribution in [0.15, 0.2) is 12.1 Å². The zero-order valence-corrected chi connectivity index (χ0v) is 16.5. The lowest BCUT2D eigenvalue weighted by Crippen LogP contribution is -2.42. The molecule has 0 aromatic heterocycles. The minimum absolute atomic E-state index is 0.187. The van der Waals surface area contributed by atoms with Crippen LogP contribution in [0.1, 0.15) is 55.9 Å². The first-order valence-electron chi connectivity index (χ1n) is 9.52. The normalized spacial score (nSPS) is 26.3. The average Bonchev–Trinajstić information content (AvgIpc) is 2.53. The quantitative estimate of drug-likeness (QED) is 0.734. The van der Waals surface area contributed by atoms with E-state index in [4.69, 9.17) is 4.74 Å². The molecule has 4 unspecified atom stereocenters. The van der Waals surface area contributed by atoms with E-state index in [2.05, 4.69) is 46.8 Å². The molecule has 1 fully saturated rings. The second kappa shape index (κ2) is 8.16. The smallest absolute Gasteiger partial charge is 0.309 e. The van der Waals surface area contributed by atoms with Gasteiger partial charge < -0.3 is 4.74 Å². The van der Waals surface area contributed by atoms with Crippen LogP contribution < -0.4 is 0 Å². The molecule has 1 aliphatic carbocycles. The van der Waals surface area contributed by atoms with Gasteiger partial charge >= 0.3 is 5.97 Å². The Morgan fingerprint density at radius 2 is 1.68 bits per heavy atom. The largest absolute Gasteiger partial charge is 0.466 e. The highest BCUT2D eigenvalue weighted by Crippen LogP contribution is 2.40. The molecule has 1 aromatic carbocycles. The number of ether oxygens (including phenoxy) is 1. The van der Waals surface area contributed by atoms with E-state index in [1.807, 2.05) is 6.92 Å². The van der Waals surface area contributed by atoms with Gasteiger partial charge in [-0.15, -0.1) is 0 Å². The van der Waals surface area contributed by atoms with Crippen LogP contribution in [0.2, 0.25) is 0 Å². The summed E-state index contributed by atoms with van der Waals surface area (Å²) in [4.78, 5) is 25.6. The first kappa shape index (κ1) is 19.7. The van der Waals surface area contributed by atoms with Gasteiger partial charge in [0.05, 0.1) is 12.5 Å². The maximum absolute atomic E-state index is 13.2. The number of Topliss-reactive ketones (excluding diaryl/α,β-unsaturated/α-hetero) is 1. The van der Waals surface area contributed by atoms with Crippen LogP contribution in [0.5, 0.6) is 0 Å². The van der Waals surface area contributed by atoms with Crippen molar-refractivity contribution in [3.63, 3.8) is 0 Å². The Labute approximate surface area is 152 Å². The predicted molar refractivity (Wildman–Crippen MR) is 101 cm³/mol. The second-order valence-corrected chi connectivity index (χ2v) is 7.82. The molecule has 0 N–H and O–H groups in total. The van der Waals surface area contributed by atoms with Crippen LogP contribution in [-0.2, 0) is 20.7 Å². The third kappa shape index (κ3) is 4.31. The number of hydrogen-bond donors (Lipinski definition) is 0. The molecular weight excluding hydrogens is 312 g/mol. The van der Waals surface area contributed by atoms with Crippen LogP contribution in [0.4, 0.5) is 0 Å². The summed E-state index contributed by atoms with van der Waals surface area (Å²) in [7, 11) is 0. The monoisotopic (exact) mass is 344 g/mol. The van der Waals surface area contributed by atoms with Crippen LogP contribution >= 0.6 is 0 Å². The Morgan fingerprint density at radius 1 is 1.08 bits per heavy atom. The van der Waals surface area contributed by atoms with Gasteiger partial charge in [0.1, 0.15) is 5.78 Å². The van der Waals surface area contributed by atoms with Crippen molar-refractivity contribution in [2.45, 2.75) is 60.8 Å². The highest BCUT2D eigenvalue weighted by atomic mass is 16.5. The molecule has 0 spiro atoms. The molecule has 0 bridgehead atoms. The highest BCUT2D eigenvalue weighted by molar-refractivity contribution is 5.89. The number of carbonyl (C=O) groups excluding carboxylic acids is 2. The summed E-state index contributed by atoms with van der Waals surface area (Å²) in [6.07, 6.45) is 2.15. The van der Waals surface area contributed by atoms with Gasteiger partial charge in [0, 0.05) is 12.3 Å². The van der Waals surface area contributed by atoms with Crippen LogP contribution in [0.3, 0.4) is 0 Å². The van der Waals surface area contributed by atoms with Crippen molar-refractivity contribution in [2.75, 3.05) is 6.61 Å². The molecule has 2 rings (SSSR count). The number of benzene rings is 1. The topological polar surface area (TPSA) is 43.4 Å². The molecule has 3 nitrogen and oxygen atoms in total. The van der Waals surface area contributed by atoms with Gasteiger partial charge in [0.15, 0.2) is 0 Å². The van der Waals surface area contributed by atoms with Gasteiger partial charge in [-0.2, -0.15) is 0 Å². The van der Waals surface area contributed by atoms with E-state index in [-0.39, 0.29) is 29.5 Å². The maximum Gasteiger partial charge on any atom is 0.309 e. The van der Waals surface area contributed by atoms with E-state index < -0.39 is 0 Å². The van der Waals surface area contributed by atoms with Gasteiger partial charge in [0.2, 0.25) is 0 Å². The zero-order valence-electron chi connectivity index (χ0n) is 16.5. The Morgan fingerprint density at radius 3 is 2.24 bits per heavy atom. The van der Waals surface area contributed by atoms with Gasteiger partial charge in [-0.25, -0.2) is 0 Å². The number of esters is 1.